The molecule has 1 N–H and O–H groups in total. The highest BCUT2D eigenvalue weighted by Crippen LogP contribution is 2.18. The number of carbonyl (C=O) groups is 2. The van der Waals surface area contributed by atoms with Crippen LogP contribution in [-0.4, -0.2) is 49.9 Å². The molecule has 0 radical (unpaired) electrons. The van der Waals surface area contributed by atoms with Crippen LogP contribution >= 0.6 is 11.3 Å². The zero-order valence-electron chi connectivity index (χ0n) is 14.6. The molecule has 1 aromatic heterocycles. The number of hydrogen-bond acceptors (Lipinski definition) is 4. The molecule has 3 rings (SSSR count). The number of carbonyl (C=O) groups excluding carboxylic acids is 2. The number of piperidine rings is 1. The first-order valence-corrected chi connectivity index (χ1v) is 9.33. The summed E-state index contributed by atoms with van der Waals surface area (Å²) in [4.78, 5) is 29.4. The number of rotatable bonds is 4. The third-order valence-corrected chi connectivity index (χ3v) is 5.35. The summed E-state index contributed by atoms with van der Waals surface area (Å²) in [7, 11) is 3.95. The summed E-state index contributed by atoms with van der Waals surface area (Å²) in [5, 5.41) is 5.01. The highest BCUT2D eigenvalue weighted by Gasteiger charge is 2.25. The van der Waals surface area contributed by atoms with Crippen molar-refractivity contribution in [3.05, 3.63) is 52.2 Å². The van der Waals surface area contributed by atoms with E-state index in [1.54, 1.807) is 0 Å². The molecule has 0 atom stereocenters. The monoisotopic (exact) mass is 357 g/mol. The van der Waals surface area contributed by atoms with Gasteiger partial charge < -0.3 is 15.1 Å². The largest absolute Gasteiger partial charge is 0.378 e. The van der Waals surface area contributed by atoms with Crippen LogP contribution in [-0.2, 0) is 0 Å². The summed E-state index contributed by atoms with van der Waals surface area (Å²) in [6, 6.07) is 11.5. The minimum atomic E-state index is -0.0478. The van der Waals surface area contributed by atoms with Gasteiger partial charge in [0, 0.05) is 44.5 Å². The lowest BCUT2D eigenvalue weighted by atomic mass is 10.0. The Balaban J connectivity index is 1.51. The molecule has 2 aromatic rings. The van der Waals surface area contributed by atoms with E-state index in [1.807, 2.05) is 65.7 Å². The molecule has 1 aliphatic rings. The van der Waals surface area contributed by atoms with Crippen molar-refractivity contribution in [3.8, 4) is 0 Å². The van der Waals surface area contributed by atoms with E-state index < -0.39 is 0 Å². The number of nitrogens with zero attached hydrogens (tertiary/aromatic N) is 2. The van der Waals surface area contributed by atoms with E-state index in [0.717, 1.165) is 23.4 Å². The second kappa shape index (κ2) is 7.70. The predicted octanol–water partition coefficient (Wildman–Crippen LogP) is 2.85. The van der Waals surface area contributed by atoms with Crippen molar-refractivity contribution in [3.63, 3.8) is 0 Å². The molecule has 0 saturated carbocycles. The van der Waals surface area contributed by atoms with Crippen LogP contribution in [0.3, 0.4) is 0 Å². The molecule has 5 nitrogen and oxygen atoms in total. The molecule has 0 unspecified atom stereocenters. The lowest BCUT2D eigenvalue weighted by Crippen LogP contribution is -2.46. The summed E-state index contributed by atoms with van der Waals surface area (Å²) >= 11 is 1.47. The van der Waals surface area contributed by atoms with E-state index in [0.29, 0.717) is 18.7 Å². The molecule has 2 heterocycles. The van der Waals surface area contributed by atoms with E-state index in [2.05, 4.69) is 5.32 Å². The van der Waals surface area contributed by atoms with Crippen LogP contribution in [0.15, 0.2) is 41.8 Å². The molecule has 1 aliphatic heterocycles. The van der Waals surface area contributed by atoms with Gasteiger partial charge in [-0.3, -0.25) is 9.59 Å². The lowest BCUT2D eigenvalue weighted by molar-refractivity contribution is 0.0703. The molecule has 0 aliphatic carbocycles. The van der Waals surface area contributed by atoms with Crippen molar-refractivity contribution in [2.45, 2.75) is 18.9 Å². The Morgan fingerprint density at radius 3 is 2.36 bits per heavy atom. The molecule has 1 fully saturated rings. The first kappa shape index (κ1) is 17.5. The van der Waals surface area contributed by atoms with E-state index >= 15 is 0 Å². The third-order valence-electron chi connectivity index (χ3n) is 4.50. The second-order valence-electron chi connectivity index (χ2n) is 6.46. The van der Waals surface area contributed by atoms with Crippen LogP contribution < -0.4 is 10.2 Å². The Bertz CT molecular complexity index is 718. The number of amides is 2. The number of benzene rings is 1. The second-order valence-corrected chi connectivity index (χ2v) is 7.41. The Hall–Kier alpha value is -2.34. The van der Waals surface area contributed by atoms with E-state index in [-0.39, 0.29) is 17.9 Å². The summed E-state index contributed by atoms with van der Waals surface area (Å²) in [5.41, 5.74) is 1.74. The molecule has 2 amide bonds. The van der Waals surface area contributed by atoms with E-state index in [4.69, 9.17) is 0 Å². The zero-order valence-corrected chi connectivity index (χ0v) is 15.4. The van der Waals surface area contributed by atoms with Gasteiger partial charge in [0.1, 0.15) is 0 Å². The van der Waals surface area contributed by atoms with Crippen molar-refractivity contribution in [2.24, 2.45) is 0 Å². The average Bonchev–Trinajstić information content (AvgIpc) is 3.16. The highest BCUT2D eigenvalue weighted by atomic mass is 32.1. The summed E-state index contributed by atoms with van der Waals surface area (Å²) < 4.78 is 0. The number of thiophene rings is 1. The Morgan fingerprint density at radius 1 is 1.12 bits per heavy atom. The fourth-order valence-corrected chi connectivity index (χ4v) is 3.65. The van der Waals surface area contributed by atoms with Gasteiger partial charge in [-0.1, -0.05) is 6.07 Å². The van der Waals surface area contributed by atoms with Gasteiger partial charge in [0.2, 0.25) is 0 Å². The maximum Gasteiger partial charge on any atom is 0.263 e. The number of anilines is 1. The molecular formula is C19H23N3O2S. The van der Waals surface area contributed by atoms with Crippen molar-refractivity contribution in [1.29, 1.82) is 0 Å². The van der Waals surface area contributed by atoms with Crippen molar-refractivity contribution in [2.75, 3.05) is 32.1 Å². The summed E-state index contributed by atoms with van der Waals surface area (Å²) in [6.07, 6.45) is 1.58. The molecule has 1 saturated heterocycles. The van der Waals surface area contributed by atoms with Gasteiger partial charge in [-0.15, -0.1) is 11.3 Å². The van der Waals surface area contributed by atoms with Crippen molar-refractivity contribution in [1.82, 2.24) is 10.2 Å². The van der Waals surface area contributed by atoms with Gasteiger partial charge in [-0.2, -0.15) is 0 Å². The van der Waals surface area contributed by atoms with Crippen molar-refractivity contribution < 1.29 is 9.59 Å². The smallest absolute Gasteiger partial charge is 0.263 e. The van der Waals surface area contributed by atoms with Crippen LogP contribution in [0.5, 0.6) is 0 Å². The lowest BCUT2D eigenvalue weighted by Gasteiger charge is -2.32. The van der Waals surface area contributed by atoms with Gasteiger partial charge in [0.05, 0.1) is 4.88 Å². The molecule has 1 aromatic carbocycles. The maximum absolute atomic E-state index is 12.4. The molecule has 6 heteroatoms. The molecule has 132 valence electrons. The van der Waals surface area contributed by atoms with Gasteiger partial charge in [-0.05, 0) is 48.6 Å². The summed E-state index contributed by atoms with van der Waals surface area (Å²) in [6.45, 7) is 1.36. The van der Waals surface area contributed by atoms with Gasteiger partial charge in [-0.25, -0.2) is 0 Å². The number of likely N-dealkylation sites (tertiary alicyclic amines) is 1. The Morgan fingerprint density at radius 2 is 1.80 bits per heavy atom. The van der Waals surface area contributed by atoms with Crippen molar-refractivity contribution >= 4 is 28.8 Å². The molecule has 0 spiro atoms. The normalized spacial score (nSPS) is 15.0. The highest BCUT2D eigenvalue weighted by molar-refractivity contribution is 7.12. The van der Waals surface area contributed by atoms with E-state index in [9.17, 15) is 9.59 Å². The predicted molar refractivity (Wildman–Crippen MR) is 101 cm³/mol. The SMILES string of the molecule is CN(C)c1ccc(C(=O)NC2CCN(C(=O)c3cccs3)CC2)cc1. The molecular weight excluding hydrogens is 334 g/mol. The minimum absolute atomic E-state index is 0.0478. The van der Waals surface area contributed by atoms with Crippen LogP contribution in [0.1, 0.15) is 32.9 Å². The zero-order chi connectivity index (χ0) is 17.8. The van der Waals surface area contributed by atoms with Gasteiger partial charge >= 0.3 is 0 Å². The quantitative estimate of drug-likeness (QED) is 0.915. The summed E-state index contributed by atoms with van der Waals surface area (Å²) in [5.74, 6) is 0.0485. The van der Waals surface area contributed by atoms with Crippen LogP contribution in [0.4, 0.5) is 5.69 Å². The average molecular weight is 357 g/mol. The topological polar surface area (TPSA) is 52.7 Å². The van der Waals surface area contributed by atoms with Crippen LogP contribution in [0.25, 0.3) is 0 Å². The number of hydrogen-bond donors (Lipinski definition) is 1. The fourth-order valence-electron chi connectivity index (χ4n) is 2.96. The maximum atomic E-state index is 12.4. The third kappa shape index (κ3) is 4.20. The van der Waals surface area contributed by atoms with Crippen LogP contribution in [0, 0.1) is 0 Å². The molecule has 0 bridgehead atoms. The van der Waals surface area contributed by atoms with Gasteiger partial charge in [0.25, 0.3) is 11.8 Å². The Kier molecular flexibility index (Phi) is 5.38. The number of nitrogens with one attached hydrogen (secondary N) is 1. The van der Waals surface area contributed by atoms with Crippen LogP contribution in [0.2, 0.25) is 0 Å². The first-order chi connectivity index (χ1) is 12.0. The molecule has 25 heavy (non-hydrogen) atoms. The van der Waals surface area contributed by atoms with Gasteiger partial charge in [0.15, 0.2) is 0 Å². The van der Waals surface area contributed by atoms with E-state index in [1.165, 1.54) is 11.3 Å². The minimum Gasteiger partial charge on any atom is -0.378 e. The first-order valence-electron chi connectivity index (χ1n) is 8.45. The standard InChI is InChI=1S/C19H23N3O2S/c1-21(2)16-7-5-14(6-8-16)18(23)20-15-9-11-22(12-10-15)19(24)17-4-3-13-25-17/h3-8,13,15H,9-12H2,1-2H3,(H,20,23). The fraction of sp³-hybridized carbons (Fsp3) is 0.368. The Labute approximate surface area is 152 Å².